The van der Waals surface area contributed by atoms with Crippen LogP contribution in [0.2, 0.25) is 0 Å². The van der Waals surface area contributed by atoms with Crippen molar-refractivity contribution in [3.63, 3.8) is 0 Å². The SMILES string of the molecule is COc1ccc(NC(=O)C[C@@H]2C(=O)Nc3nc(-c4ccc(OC)cc4)nn32)cc1. The molecule has 9 nitrogen and oxygen atoms in total. The van der Waals surface area contributed by atoms with Gasteiger partial charge in [-0.25, -0.2) is 4.68 Å². The van der Waals surface area contributed by atoms with Crippen molar-refractivity contribution in [1.29, 1.82) is 0 Å². The number of carbonyl (C=O) groups excluding carboxylic acids is 2. The predicted molar refractivity (Wildman–Crippen MR) is 106 cm³/mol. The smallest absolute Gasteiger partial charge is 0.252 e. The Bertz CT molecular complexity index is 1040. The molecule has 1 aliphatic rings. The van der Waals surface area contributed by atoms with Gasteiger partial charge < -0.3 is 14.8 Å². The summed E-state index contributed by atoms with van der Waals surface area (Å²) in [6, 6.07) is 13.5. The van der Waals surface area contributed by atoms with Crippen molar-refractivity contribution in [2.45, 2.75) is 12.5 Å². The van der Waals surface area contributed by atoms with Gasteiger partial charge in [0.2, 0.25) is 11.9 Å². The van der Waals surface area contributed by atoms with Gasteiger partial charge in [-0.3, -0.25) is 14.9 Å². The van der Waals surface area contributed by atoms with Gasteiger partial charge in [0.1, 0.15) is 17.5 Å². The summed E-state index contributed by atoms with van der Waals surface area (Å²) in [5.74, 6) is 1.58. The second-order valence-corrected chi connectivity index (χ2v) is 6.42. The maximum absolute atomic E-state index is 12.4. The first kappa shape index (κ1) is 18.5. The van der Waals surface area contributed by atoms with Crippen LogP contribution in [0.25, 0.3) is 11.4 Å². The molecule has 2 amide bonds. The van der Waals surface area contributed by atoms with E-state index in [4.69, 9.17) is 9.47 Å². The maximum Gasteiger partial charge on any atom is 0.252 e. The zero-order chi connectivity index (χ0) is 20.4. The van der Waals surface area contributed by atoms with E-state index in [-0.39, 0.29) is 18.2 Å². The third kappa shape index (κ3) is 3.75. The van der Waals surface area contributed by atoms with E-state index in [9.17, 15) is 9.59 Å². The van der Waals surface area contributed by atoms with Gasteiger partial charge in [-0.2, -0.15) is 4.98 Å². The summed E-state index contributed by atoms with van der Waals surface area (Å²) < 4.78 is 11.7. The molecule has 4 rings (SSSR count). The summed E-state index contributed by atoms with van der Waals surface area (Å²) >= 11 is 0. The molecule has 3 aromatic rings. The summed E-state index contributed by atoms with van der Waals surface area (Å²) in [4.78, 5) is 29.1. The Kier molecular flexibility index (Phi) is 4.86. The molecule has 1 atom stereocenters. The van der Waals surface area contributed by atoms with E-state index in [1.165, 1.54) is 4.68 Å². The normalized spacial score (nSPS) is 14.8. The van der Waals surface area contributed by atoms with E-state index in [0.29, 0.717) is 23.2 Å². The molecule has 2 N–H and O–H groups in total. The lowest BCUT2D eigenvalue weighted by Crippen LogP contribution is -2.23. The van der Waals surface area contributed by atoms with Gasteiger partial charge >= 0.3 is 0 Å². The van der Waals surface area contributed by atoms with Gasteiger partial charge in [-0.1, -0.05) is 0 Å². The fourth-order valence-corrected chi connectivity index (χ4v) is 3.03. The molecule has 0 unspecified atom stereocenters. The molecular formula is C20H19N5O4. The average molecular weight is 393 g/mol. The molecule has 0 saturated heterocycles. The number of hydrogen-bond donors (Lipinski definition) is 2. The highest BCUT2D eigenvalue weighted by molar-refractivity contribution is 6.01. The number of nitrogens with zero attached hydrogens (tertiary/aromatic N) is 3. The summed E-state index contributed by atoms with van der Waals surface area (Å²) in [7, 11) is 3.16. The molecule has 29 heavy (non-hydrogen) atoms. The van der Waals surface area contributed by atoms with Gasteiger partial charge in [-0.15, -0.1) is 5.10 Å². The van der Waals surface area contributed by atoms with Crippen molar-refractivity contribution < 1.29 is 19.1 Å². The minimum atomic E-state index is -0.761. The van der Waals surface area contributed by atoms with Crippen LogP contribution in [0.3, 0.4) is 0 Å². The molecular weight excluding hydrogens is 374 g/mol. The topological polar surface area (TPSA) is 107 Å². The number of ether oxygens (including phenoxy) is 2. The number of rotatable bonds is 6. The van der Waals surface area contributed by atoms with E-state index in [1.807, 2.05) is 12.1 Å². The van der Waals surface area contributed by atoms with Crippen LogP contribution in [0.4, 0.5) is 11.6 Å². The van der Waals surface area contributed by atoms with Crippen molar-refractivity contribution in [3.05, 3.63) is 48.5 Å². The second-order valence-electron chi connectivity index (χ2n) is 6.42. The fourth-order valence-electron chi connectivity index (χ4n) is 3.03. The average Bonchev–Trinajstić information content (AvgIpc) is 3.27. The van der Waals surface area contributed by atoms with Crippen molar-refractivity contribution >= 4 is 23.5 Å². The summed E-state index contributed by atoms with van der Waals surface area (Å²) in [5.41, 5.74) is 1.40. The number of methoxy groups -OCH3 is 2. The summed E-state index contributed by atoms with van der Waals surface area (Å²) in [6.45, 7) is 0. The van der Waals surface area contributed by atoms with Crippen LogP contribution >= 0.6 is 0 Å². The third-order valence-corrected chi connectivity index (χ3v) is 4.56. The summed E-state index contributed by atoms with van der Waals surface area (Å²) in [5, 5.41) is 9.86. The monoisotopic (exact) mass is 393 g/mol. The quantitative estimate of drug-likeness (QED) is 0.666. The molecule has 0 saturated carbocycles. The molecule has 2 heterocycles. The minimum absolute atomic E-state index is 0.0593. The minimum Gasteiger partial charge on any atom is -0.497 e. The first-order valence-corrected chi connectivity index (χ1v) is 8.93. The standard InChI is InChI=1S/C20H19N5O4/c1-28-14-7-3-12(4-8-14)18-22-20-23-19(27)16(25(20)24-18)11-17(26)21-13-5-9-15(29-2)10-6-13/h3-10,16H,11H2,1-2H3,(H,21,26)(H,22,23,24,27)/t16-/m1/s1. The van der Waals surface area contributed by atoms with Gasteiger partial charge in [-0.05, 0) is 48.5 Å². The molecule has 2 aromatic carbocycles. The lowest BCUT2D eigenvalue weighted by atomic mass is 10.2. The number of carbonyl (C=O) groups is 2. The Balaban J connectivity index is 1.48. The van der Waals surface area contributed by atoms with Gasteiger partial charge in [0, 0.05) is 11.3 Å². The highest BCUT2D eigenvalue weighted by atomic mass is 16.5. The van der Waals surface area contributed by atoms with Crippen LogP contribution < -0.4 is 20.1 Å². The number of benzene rings is 2. The Labute approximate surface area is 166 Å². The maximum atomic E-state index is 12.4. The Morgan fingerprint density at radius 1 is 1.07 bits per heavy atom. The molecule has 1 aliphatic heterocycles. The number of hydrogen-bond acceptors (Lipinski definition) is 6. The zero-order valence-electron chi connectivity index (χ0n) is 15.9. The second kappa shape index (κ2) is 7.63. The molecule has 1 aromatic heterocycles. The molecule has 0 bridgehead atoms. The molecule has 0 radical (unpaired) electrons. The van der Waals surface area contributed by atoms with Crippen LogP contribution in [-0.4, -0.2) is 40.8 Å². The summed E-state index contributed by atoms with van der Waals surface area (Å²) in [6.07, 6.45) is -0.0593. The van der Waals surface area contributed by atoms with Crippen LogP contribution in [0.15, 0.2) is 48.5 Å². The first-order chi connectivity index (χ1) is 14.1. The Morgan fingerprint density at radius 2 is 1.69 bits per heavy atom. The third-order valence-electron chi connectivity index (χ3n) is 4.56. The van der Waals surface area contributed by atoms with Crippen molar-refractivity contribution in [2.24, 2.45) is 0 Å². The number of aromatic nitrogens is 3. The lowest BCUT2D eigenvalue weighted by molar-refractivity contribution is -0.123. The first-order valence-electron chi connectivity index (χ1n) is 8.93. The number of fused-ring (bicyclic) bond motifs is 1. The van der Waals surface area contributed by atoms with E-state index < -0.39 is 6.04 Å². The predicted octanol–water partition coefficient (Wildman–Crippen LogP) is 2.48. The molecule has 148 valence electrons. The molecule has 0 fully saturated rings. The molecule has 0 spiro atoms. The Morgan fingerprint density at radius 3 is 2.31 bits per heavy atom. The number of anilines is 2. The zero-order valence-corrected chi connectivity index (χ0v) is 15.9. The van der Waals surface area contributed by atoms with Gasteiger partial charge in [0.15, 0.2) is 5.82 Å². The largest absolute Gasteiger partial charge is 0.497 e. The van der Waals surface area contributed by atoms with E-state index in [0.717, 1.165) is 11.3 Å². The van der Waals surface area contributed by atoms with E-state index in [2.05, 4.69) is 20.7 Å². The highest BCUT2D eigenvalue weighted by Gasteiger charge is 2.35. The fraction of sp³-hybridized carbons (Fsp3) is 0.200. The van der Waals surface area contributed by atoms with Crippen LogP contribution in [0.1, 0.15) is 12.5 Å². The number of amides is 2. The van der Waals surface area contributed by atoms with Crippen LogP contribution in [-0.2, 0) is 9.59 Å². The molecule has 9 heteroatoms. The van der Waals surface area contributed by atoms with Crippen molar-refractivity contribution in [2.75, 3.05) is 24.9 Å². The van der Waals surface area contributed by atoms with E-state index in [1.54, 1.807) is 50.6 Å². The van der Waals surface area contributed by atoms with Crippen molar-refractivity contribution in [3.8, 4) is 22.9 Å². The lowest BCUT2D eigenvalue weighted by Gasteiger charge is -2.10. The van der Waals surface area contributed by atoms with Crippen molar-refractivity contribution in [1.82, 2.24) is 14.8 Å². The van der Waals surface area contributed by atoms with Crippen LogP contribution in [0.5, 0.6) is 11.5 Å². The highest BCUT2D eigenvalue weighted by Crippen LogP contribution is 2.29. The van der Waals surface area contributed by atoms with Gasteiger partial charge in [0.05, 0.1) is 20.6 Å². The van der Waals surface area contributed by atoms with E-state index >= 15 is 0 Å². The molecule has 0 aliphatic carbocycles. The number of nitrogens with one attached hydrogen (secondary N) is 2. The van der Waals surface area contributed by atoms with Gasteiger partial charge in [0.25, 0.3) is 5.91 Å². The Hall–Kier alpha value is -3.88. The van der Waals surface area contributed by atoms with Crippen LogP contribution in [0, 0.1) is 0 Å².